The molecule has 4 aromatic carbocycles. The molecule has 0 aliphatic heterocycles. The minimum absolute atomic E-state index is 0.110. The van der Waals surface area contributed by atoms with Crippen molar-refractivity contribution in [3.05, 3.63) is 119 Å². The summed E-state index contributed by atoms with van der Waals surface area (Å²) in [4.78, 5) is 37.7. The molecule has 12 nitrogen and oxygen atoms in total. The molecule has 298 valence electrons. The van der Waals surface area contributed by atoms with Gasteiger partial charge >= 0.3 is 12.1 Å². The van der Waals surface area contributed by atoms with Gasteiger partial charge in [0.05, 0.1) is 37.3 Å². The Hall–Kier alpha value is -6.56. The Bertz CT molecular complexity index is 2330. The number of urea groups is 2. The minimum Gasteiger partial charge on any atom is -0.496 e. The number of rotatable bonds is 10. The number of nitrogens with one attached hydrogen (secondary N) is 4. The number of methoxy groups -OCH3 is 2. The summed E-state index contributed by atoms with van der Waals surface area (Å²) >= 11 is 0. The number of fused-ring (bicyclic) bond motifs is 4. The number of hydrogen-bond acceptors (Lipinski definition) is 8. The monoisotopic (exact) mass is 778 g/mol. The second-order valence-corrected chi connectivity index (χ2v) is 15.5. The van der Waals surface area contributed by atoms with Gasteiger partial charge in [-0.15, -0.1) is 0 Å². The van der Waals surface area contributed by atoms with E-state index in [9.17, 15) is 9.59 Å². The van der Waals surface area contributed by atoms with Crippen LogP contribution in [0.25, 0.3) is 21.8 Å². The summed E-state index contributed by atoms with van der Waals surface area (Å²) in [6, 6.07) is 30.2. The number of carbonyl (C=O) groups excluding carboxylic acids is 2. The molecule has 0 fully saturated rings. The fourth-order valence-corrected chi connectivity index (χ4v) is 8.39. The molecule has 2 aliphatic carbocycles. The van der Waals surface area contributed by atoms with Crippen molar-refractivity contribution in [1.29, 1.82) is 0 Å². The SMILES string of the molecule is COc1cccc2c1C(Nc1ccc3cc(NC(=O)N(C(C)C)N(C(=O)Nc4ccc5nc(NC6CCc7cccc(OC)c76)ccc5c4)C(C)C)ccc3n1)CC2. The van der Waals surface area contributed by atoms with E-state index in [4.69, 9.17) is 19.4 Å². The smallest absolute Gasteiger partial charge is 0.341 e. The van der Waals surface area contributed by atoms with E-state index in [-0.39, 0.29) is 24.2 Å². The van der Waals surface area contributed by atoms with E-state index in [2.05, 4.69) is 33.4 Å². The number of nitrogens with zero attached hydrogens (tertiary/aromatic N) is 4. The van der Waals surface area contributed by atoms with E-state index >= 15 is 0 Å². The summed E-state index contributed by atoms with van der Waals surface area (Å²) in [6.45, 7) is 7.53. The van der Waals surface area contributed by atoms with Gasteiger partial charge in [0.25, 0.3) is 0 Å². The van der Waals surface area contributed by atoms with Crippen LogP contribution in [0.4, 0.5) is 32.6 Å². The van der Waals surface area contributed by atoms with Gasteiger partial charge in [-0.2, -0.15) is 0 Å². The standard InChI is InChI=1S/C46H50N8O4/c1-27(2)53(45(55)47-33-17-21-35-31(25-33)15-23-41(49-35)51-37-19-13-29-9-7-11-39(57-5)43(29)37)54(28(3)4)46(56)48-34-18-22-36-32(26-34)16-24-42(50-36)52-38-20-14-30-10-8-12-40(58-6)44(30)38/h7-12,15-18,21-28,37-38H,13-14,19-20H2,1-6H3,(H,47,55)(H,48,56)(H,49,51)(H,50,52). The molecule has 12 heteroatoms. The van der Waals surface area contributed by atoms with Crippen LogP contribution in [0.5, 0.6) is 11.5 Å². The predicted molar refractivity (Wildman–Crippen MR) is 231 cm³/mol. The first-order valence-corrected chi connectivity index (χ1v) is 20.0. The maximum atomic E-state index is 14.0. The zero-order valence-corrected chi connectivity index (χ0v) is 33.8. The summed E-state index contributed by atoms with van der Waals surface area (Å²) in [7, 11) is 3.41. The van der Waals surface area contributed by atoms with E-state index in [1.165, 1.54) is 32.3 Å². The molecule has 6 aromatic rings. The molecule has 0 spiro atoms. The lowest BCUT2D eigenvalue weighted by Gasteiger charge is -2.40. The second kappa shape index (κ2) is 16.1. The molecule has 2 atom stereocenters. The molecule has 58 heavy (non-hydrogen) atoms. The van der Waals surface area contributed by atoms with Crippen molar-refractivity contribution in [2.24, 2.45) is 0 Å². The number of ether oxygens (including phenoxy) is 2. The first kappa shape index (κ1) is 38.3. The Morgan fingerprint density at radius 1 is 0.603 bits per heavy atom. The van der Waals surface area contributed by atoms with Crippen LogP contribution in [0, 0.1) is 0 Å². The number of benzene rings is 4. The fourth-order valence-electron chi connectivity index (χ4n) is 8.39. The molecule has 0 radical (unpaired) electrons. The van der Waals surface area contributed by atoms with Crippen LogP contribution in [-0.2, 0) is 12.8 Å². The van der Waals surface area contributed by atoms with E-state index in [1.807, 2.05) is 113 Å². The summed E-state index contributed by atoms with van der Waals surface area (Å²) in [5.41, 5.74) is 7.74. The lowest BCUT2D eigenvalue weighted by molar-refractivity contribution is 0.0141. The normalized spacial score (nSPS) is 15.6. The van der Waals surface area contributed by atoms with Crippen LogP contribution in [0.2, 0.25) is 0 Å². The zero-order valence-electron chi connectivity index (χ0n) is 33.8. The molecule has 2 heterocycles. The molecule has 2 unspecified atom stereocenters. The van der Waals surface area contributed by atoms with Crippen LogP contribution in [0.15, 0.2) is 97.1 Å². The van der Waals surface area contributed by atoms with E-state index in [0.717, 1.165) is 70.6 Å². The highest BCUT2D eigenvalue weighted by atomic mass is 16.5. The van der Waals surface area contributed by atoms with Crippen molar-refractivity contribution >= 4 is 56.9 Å². The van der Waals surface area contributed by atoms with Gasteiger partial charge in [-0.05, 0) is 137 Å². The largest absolute Gasteiger partial charge is 0.496 e. The van der Waals surface area contributed by atoms with Crippen LogP contribution in [0.3, 0.4) is 0 Å². The maximum Gasteiger partial charge on any atom is 0.341 e. The van der Waals surface area contributed by atoms with E-state index < -0.39 is 12.1 Å². The van der Waals surface area contributed by atoms with Gasteiger partial charge in [-0.1, -0.05) is 24.3 Å². The van der Waals surface area contributed by atoms with Crippen molar-refractivity contribution in [3.8, 4) is 11.5 Å². The zero-order chi connectivity index (χ0) is 40.5. The highest BCUT2D eigenvalue weighted by molar-refractivity contribution is 5.97. The Labute approximate surface area is 338 Å². The molecule has 0 saturated heterocycles. The molecular formula is C46H50N8O4. The average Bonchev–Trinajstić information content (AvgIpc) is 3.83. The van der Waals surface area contributed by atoms with Gasteiger partial charge in [0.1, 0.15) is 23.1 Å². The molecule has 0 bridgehead atoms. The Morgan fingerprint density at radius 3 is 1.43 bits per heavy atom. The fraction of sp³-hybridized carbons (Fsp3) is 0.304. The summed E-state index contributed by atoms with van der Waals surface area (Å²) < 4.78 is 11.3. The second-order valence-electron chi connectivity index (χ2n) is 15.5. The Morgan fingerprint density at radius 2 is 1.03 bits per heavy atom. The number of aromatic nitrogens is 2. The van der Waals surface area contributed by atoms with Crippen molar-refractivity contribution in [2.45, 2.75) is 77.5 Å². The van der Waals surface area contributed by atoms with Crippen LogP contribution >= 0.6 is 0 Å². The minimum atomic E-state index is -0.427. The van der Waals surface area contributed by atoms with E-state index in [1.54, 1.807) is 14.2 Å². The quantitative estimate of drug-likeness (QED) is 0.101. The number of hydrogen-bond donors (Lipinski definition) is 4. The van der Waals surface area contributed by atoms with Gasteiger partial charge in [0.2, 0.25) is 0 Å². The first-order chi connectivity index (χ1) is 28.1. The van der Waals surface area contributed by atoms with Gasteiger partial charge in [0.15, 0.2) is 0 Å². The summed E-state index contributed by atoms with van der Waals surface area (Å²) in [5.74, 6) is 3.32. The third kappa shape index (κ3) is 7.61. The van der Waals surface area contributed by atoms with Crippen LogP contribution in [-0.4, -0.2) is 58.4 Å². The topological polar surface area (TPSA) is 133 Å². The van der Waals surface area contributed by atoms with Gasteiger partial charge in [-0.25, -0.2) is 29.6 Å². The number of pyridine rings is 2. The highest BCUT2D eigenvalue weighted by Crippen LogP contribution is 2.41. The molecule has 2 aliphatic rings. The summed E-state index contributed by atoms with van der Waals surface area (Å²) in [6.07, 6.45) is 3.89. The third-order valence-corrected chi connectivity index (χ3v) is 11.0. The van der Waals surface area contributed by atoms with E-state index in [0.29, 0.717) is 11.4 Å². The number of carbonyl (C=O) groups is 2. The van der Waals surface area contributed by atoms with Crippen LogP contribution < -0.4 is 30.7 Å². The molecule has 0 saturated carbocycles. The Balaban J connectivity index is 0.936. The van der Waals surface area contributed by atoms with Gasteiger partial charge < -0.3 is 30.7 Å². The average molecular weight is 779 g/mol. The predicted octanol–water partition coefficient (Wildman–Crippen LogP) is 10.1. The molecule has 4 amide bonds. The lowest BCUT2D eigenvalue weighted by Crippen LogP contribution is -2.58. The summed E-state index contributed by atoms with van der Waals surface area (Å²) in [5, 5.41) is 17.9. The van der Waals surface area contributed by atoms with Gasteiger partial charge in [-0.3, -0.25) is 0 Å². The molecule has 8 rings (SSSR count). The van der Waals surface area contributed by atoms with Crippen molar-refractivity contribution in [1.82, 2.24) is 20.0 Å². The lowest BCUT2D eigenvalue weighted by atomic mass is 10.1. The molecule has 4 N–H and O–H groups in total. The van der Waals surface area contributed by atoms with Crippen molar-refractivity contribution in [3.63, 3.8) is 0 Å². The van der Waals surface area contributed by atoms with Crippen LogP contribution in [0.1, 0.15) is 74.9 Å². The first-order valence-electron chi connectivity index (χ1n) is 20.0. The van der Waals surface area contributed by atoms with Crippen molar-refractivity contribution in [2.75, 3.05) is 35.5 Å². The Kier molecular flexibility index (Phi) is 10.7. The highest BCUT2D eigenvalue weighted by Gasteiger charge is 2.32. The van der Waals surface area contributed by atoms with Gasteiger partial charge in [0, 0.05) is 45.4 Å². The molecular weight excluding hydrogens is 729 g/mol. The number of amides is 4. The molecule has 2 aromatic heterocycles. The number of anilines is 4. The third-order valence-electron chi connectivity index (χ3n) is 11.0. The van der Waals surface area contributed by atoms with Crippen molar-refractivity contribution < 1.29 is 19.1 Å². The number of aryl methyl sites for hydroxylation is 2. The number of hydrazine groups is 1. The maximum absolute atomic E-state index is 14.0.